The summed E-state index contributed by atoms with van der Waals surface area (Å²) in [5, 5.41) is 2.58. The molecule has 2 fully saturated rings. The third-order valence-corrected chi connectivity index (χ3v) is 17.4. The Hall–Kier alpha value is -3.91. The van der Waals surface area contributed by atoms with E-state index in [4.69, 9.17) is 30.8 Å². The van der Waals surface area contributed by atoms with Crippen LogP contribution in [0.4, 0.5) is 14.9 Å². The maximum absolute atomic E-state index is 17.0. The molecule has 52 heavy (non-hydrogen) atoms. The normalized spacial score (nSPS) is 17.5. The summed E-state index contributed by atoms with van der Waals surface area (Å²) in [7, 11) is -0.510. The number of fused-ring (bicyclic) bond motifs is 3. The fourth-order valence-electron chi connectivity index (χ4n) is 8.50. The van der Waals surface area contributed by atoms with E-state index in [1.165, 1.54) is 6.20 Å². The molecule has 2 aliphatic heterocycles. The monoisotopic (exact) mass is 744 g/mol. The van der Waals surface area contributed by atoms with Crippen molar-refractivity contribution in [2.45, 2.75) is 103 Å². The third kappa shape index (κ3) is 6.72. The molecule has 276 valence electrons. The molecule has 2 aromatic heterocycles. The zero-order valence-electron chi connectivity index (χ0n) is 31.9. The summed E-state index contributed by atoms with van der Waals surface area (Å²) in [6, 6.07) is 9.71. The van der Waals surface area contributed by atoms with Crippen molar-refractivity contribution >= 4 is 53.1 Å². The van der Waals surface area contributed by atoms with Crippen LogP contribution in [-0.2, 0) is 9.47 Å². The van der Waals surface area contributed by atoms with Crippen molar-refractivity contribution in [1.29, 1.82) is 0 Å². The van der Waals surface area contributed by atoms with Gasteiger partial charge in [-0.15, -0.1) is 5.54 Å². The molecule has 6 rings (SSSR count). The molecule has 11 heteroatoms. The van der Waals surface area contributed by atoms with Crippen LogP contribution in [0.15, 0.2) is 42.7 Å². The van der Waals surface area contributed by atoms with Crippen LogP contribution < -0.4 is 9.64 Å². The van der Waals surface area contributed by atoms with E-state index >= 15 is 4.39 Å². The number of halogens is 2. The molecule has 2 atom stereocenters. The second-order valence-corrected chi connectivity index (χ2v) is 21.9. The molecule has 0 spiro atoms. The van der Waals surface area contributed by atoms with Crippen LogP contribution in [-0.4, -0.2) is 73.7 Å². The lowest BCUT2D eigenvalue weighted by molar-refractivity contribution is 0.0194. The molecule has 0 aliphatic carbocycles. The highest BCUT2D eigenvalue weighted by atomic mass is 35.5. The van der Waals surface area contributed by atoms with E-state index in [2.05, 4.69) is 62.9 Å². The molecule has 8 nitrogen and oxygen atoms in total. The number of benzene rings is 2. The van der Waals surface area contributed by atoms with Gasteiger partial charge in [0.2, 0.25) is 0 Å². The number of carbonyl (C=O) groups is 1. The van der Waals surface area contributed by atoms with Crippen molar-refractivity contribution in [2.75, 3.05) is 31.9 Å². The Kier molecular flexibility index (Phi) is 10.5. The van der Waals surface area contributed by atoms with Gasteiger partial charge >= 0.3 is 6.09 Å². The number of ether oxygens (including phenoxy) is 3. The highest BCUT2D eigenvalue weighted by molar-refractivity contribution is 6.90. The van der Waals surface area contributed by atoms with Gasteiger partial charge in [0.25, 0.3) is 0 Å². The average molecular weight is 745 g/mol. The van der Waals surface area contributed by atoms with Gasteiger partial charge in [0, 0.05) is 54.5 Å². The second-order valence-electron chi connectivity index (χ2n) is 16.0. The van der Waals surface area contributed by atoms with Gasteiger partial charge in [-0.2, -0.15) is 0 Å². The molecule has 0 saturated carbocycles. The number of nitrogens with zero attached hydrogens (tertiary/aromatic N) is 4. The maximum atomic E-state index is 17.0. The minimum absolute atomic E-state index is 0.0177. The number of pyridine rings is 2. The molecule has 0 bridgehead atoms. The Balaban J connectivity index is 1.46. The molecule has 4 aromatic rings. The lowest BCUT2D eigenvalue weighted by Crippen LogP contribution is -2.63. The first-order chi connectivity index (χ1) is 24.6. The zero-order valence-corrected chi connectivity index (χ0v) is 33.7. The number of likely N-dealkylation sites (tertiary alicyclic amines) is 1. The van der Waals surface area contributed by atoms with E-state index < -0.39 is 19.5 Å². The van der Waals surface area contributed by atoms with Crippen molar-refractivity contribution in [3.05, 3.63) is 59.1 Å². The molecular weight excluding hydrogens is 695 g/mol. The summed E-state index contributed by atoms with van der Waals surface area (Å²) < 4.78 is 33.8. The van der Waals surface area contributed by atoms with Crippen LogP contribution in [0, 0.1) is 17.3 Å². The van der Waals surface area contributed by atoms with Crippen molar-refractivity contribution < 1.29 is 23.4 Å². The highest BCUT2D eigenvalue weighted by Gasteiger charge is 2.50. The van der Waals surface area contributed by atoms with Crippen LogP contribution >= 0.6 is 11.6 Å². The predicted molar refractivity (Wildman–Crippen MR) is 210 cm³/mol. The first-order valence-corrected chi connectivity index (χ1v) is 20.8. The fourth-order valence-corrected chi connectivity index (χ4v) is 14.0. The number of hydrogen-bond donors (Lipinski definition) is 0. The smallest absolute Gasteiger partial charge is 0.410 e. The number of carbonyl (C=O) groups excluding carboxylic acids is 1. The lowest BCUT2D eigenvalue weighted by Gasteiger charge is -2.48. The van der Waals surface area contributed by atoms with Gasteiger partial charge in [0.1, 0.15) is 30.6 Å². The zero-order chi connectivity index (χ0) is 37.7. The molecule has 0 radical (unpaired) electrons. The van der Waals surface area contributed by atoms with Crippen LogP contribution in [0.1, 0.15) is 74.3 Å². The number of rotatable bonds is 8. The maximum Gasteiger partial charge on any atom is 0.410 e. The summed E-state index contributed by atoms with van der Waals surface area (Å²) in [4.78, 5) is 26.2. The molecule has 0 N–H and O–H groups in total. The first kappa shape index (κ1) is 37.8. The first-order valence-electron chi connectivity index (χ1n) is 18.2. The number of methoxy groups -OCH3 is 1. The molecule has 1 amide bonds. The second kappa shape index (κ2) is 14.5. The quantitative estimate of drug-likeness (QED) is 0.101. The van der Waals surface area contributed by atoms with E-state index in [0.29, 0.717) is 57.1 Å². The van der Waals surface area contributed by atoms with Gasteiger partial charge in [0.05, 0.1) is 22.8 Å². The van der Waals surface area contributed by atoms with Crippen molar-refractivity contribution in [2.24, 2.45) is 0 Å². The average Bonchev–Trinajstić information content (AvgIpc) is 3.39. The topological polar surface area (TPSA) is 77.0 Å². The molecular formula is C41H50ClFN4O4Si. The van der Waals surface area contributed by atoms with E-state index in [1.54, 1.807) is 18.2 Å². The van der Waals surface area contributed by atoms with E-state index in [9.17, 15) is 4.79 Å². The lowest BCUT2D eigenvalue weighted by atomic mass is 9.94. The molecule has 4 heterocycles. The Bertz CT molecular complexity index is 2050. The van der Waals surface area contributed by atoms with E-state index in [1.807, 2.05) is 51.1 Å². The van der Waals surface area contributed by atoms with Crippen molar-refractivity contribution in [3.8, 4) is 28.5 Å². The van der Waals surface area contributed by atoms with Crippen LogP contribution in [0.5, 0.6) is 5.75 Å². The van der Waals surface area contributed by atoms with Crippen LogP contribution in [0.25, 0.3) is 32.9 Å². The van der Waals surface area contributed by atoms with Crippen LogP contribution in [0.2, 0.25) is 21.6 Å². The summed E-state index contributed by atoms with van der Waals surface area (Å²) >= 11 is 6.80. The molecule has 2 aliphatic rings. The SMILES string of the molecule is COCOc1cc(-c2ncc3c(N4C[C@@H]5[C@H]4CCN5C(=O)OC(C)(C)C)c(Cl)cnc3c2F)c2c(C#C[Si](C(C)C)(C(C)C)C(C)C)cccc2c1. The van der Waals surface area contributed by atoms with Gasteiger partial charge in [-0.1, -0.05) is 71.2 Å². The Morgan fingerprint density at radius 3 is 2.42 bits per heavy atom. The number of hydrogen-bond acceptors (Lipinski definition) is 7. The predicted octanol–water partition coefficient (Wildman–Crippen LogP) is 9.99. The van der Waals surface area contributed by atoms with Gasteiger partial charge in [-0.25, -0.2) is 9.18 Å². The number of anilines is 1. The van der Waals surface area contributed by atoms with E-state index in [-0.39, 0.29) is 36.2 Å². The highest BCUT2D eigenvalue weighted by Crippen LogP contribution is 2.45. The molecule has 2 aromatic carbocycles. The molecule has 0 unspecified atom stereocenters. The molecule has 2 saturated heterocycles. The van der Waals surface area contributed by atoms with Gasteiger partial charge in [-0.05, 0) is 67.4 Å². The van der Waals surface area contributed by atoms with Gasteiger partial charge < -0.3 is 24.0 Å². The standard InChI is InChI=1S/C41H50ClFN4O4Si/c1-24(2)52(25(3)4,26(5)6)17-15-27-12-11-13-28-18-29(50-23-49-10)19-30(35(27)28)37-36(43)38-31(20-44-37)39(32(42)21-45-38)47-22-34-33(47)14-16-46(34)40(48)51-41(7,8)9/h11-13,18-21,24-26,33-34H,14,16,22-23H2,1-10H3/t33-,34-/m1/s1. The Morgan fingerprint density at radius 2 is 1.77 bits per heavy atom. The number of aromatic nitrogens is 2. The summed E-state index contributed by atoms with van der Waals surface area (Å²) in [6.45, 7) is 20.5. The summed E-state index contributed by atoms with van der Waals surface area (Å²) in [5.74, 6) is 3.58. The van der Waals surface area contributed by atoms with Crippen molar-refractivity contribution in [3.63, 3.8) is 0 Å². The van der Waals surface area contributed by atoms with Crippen molar-refractivity contribution in [1.82, 2.24) is 14.9 Å². The Morgan fingerprint density at radius 1 is 1.06 bits per heavy atom. The summed E-state index contributed by atoms with van der Waals surface area (Å²) in [6.07, 6.45) is 3.59. The fraction of sp³-hybridized carbons (Fsp3) is 0.488. The van der Waals surface area contributed by atoms with Gasteiger partial charge in [0.15, 0.2) is 12.6 Å². The summed E-state index contributed by atoms with van der Waals surface area (Å²) in [5.41, 5.74) is 7.01. The number of amides is 1. The third-order valence-electron chi connectivity index (χ3n) is 10.8. The van der Waals surface area contributed by atoms with E-state index in [0.717, 1.165) is 22.8 Å². The van der Waals surface area contributed by atoms with Crippen LogP contribution in [0.3, 0.4) is 0 Å². The minimum atomic E-state index is -2.07. The van der Waals surface area contributed by atoms with Gasteiger partial charge in [-0.3, -0.25) is 9.97 Å². The largest absolute Gasteiger partial charge is 0.468 e. The Labute approximate surface area is 313 Å². The minimum Gasteiger partial charge on any atom is -0.468 e.